The second-order valence-electron chi connectivity index (χ2n) is 8.27. The Morgan fingerprint density at radius 2 is 1.74 bits per heavy atom. The monoisotopic (exact) mass is 314 g/mol. The normalized spacial score (nSPS) is 32.6. The smallest absolute Gasteiger partial charge is 0.410 e. The van der Waals surface area contributed by atoms with Gasteiger partial charge >= 0.3 is 6.09 Å². The number of rotatable bonds is 2. The number of likely N-dealkylation sites (tertiary alicyclic amines) is 1. The second kappa shape index (κ2) is 5.23. The number of piperazine rings is 1. The van der Waals surface area contributed by atoms with Crippen LogP contribution in [0.25, 0.3) is 0 Å². The Hall–Kier alpha value is -1.55. The standard InChI is InChI=1S/C19H26N2O2/c1-19(2,3)23-18(22)21-16-11-20(10-13-7-5-4-6-8-13)12-17(21)15-9-14(15)16/h4-8,14-17H,9-12H2,1-3H3. The number of ether oxygens (including phenoxy) is 1. The van der Waals surface area contributed by atoms with Gasteiger partial charge in [0.1, 0.15) is 5.60 Å². The fraction of sp³-hybridized carbons (Fsp3) is 0.632. The van der Waals surface area contributed by atoms with Crippen LogP contribution in [0.15, 0.2) is 30.3 Å². The topological polar surface area (TPSA) is 32.8 Å². The lowest BCUT2D eigenvalue weighted by Gasteiger charge is -2.43. The molecule has 4 unspecified atom stereocenters. The van der Waals surface area contributed by atoms with Gasteiger partial charge in [0.25, 0.3) is 0 Å². The first kappa shape index (κ1) is 15.0. The second-order valence-corrected chi connectivity index (χ2v) is 8.27. The molecule has 0 N–H and O–H groups in total. The van der Waals surface area contributed by atoms with Crippen LogP contribution in [0.3, 0.4) is 0 Å². The zero-order chi connectivity index (χ0) is 16.2. The lowest BCUT2D eigenvalue weighted by molar-refractivity contribution is -0.0142. The molecule has 1 amide bonds. The van der Waals surface area contributed by atoms with Crippen molar-refractivity contribution in [3.8, 4) is 0 Å². The molecule has 3 aliphatic rings. The van der Waals surface area contributed by atoms with Crippen molar-refractivity contribution >= 4 is 6.09 Å². The number of benzene rings is 1. The summed E-state index contributed by atoms with van der Waals surface area (Å²) in [6.07, 6.45) is 1.19. The lowest BCUT2D eigenvalue weighted by atomic mass is 10.1. The van der Waals surface area contributed by atoms with Crippen LogP contribution in [0, 0.1) is 11.8 Å². The summed E-state index contributed by atoms with van der Waals surface area (Å²) in [5, 5.41) is 0. The van der Waals surface area contributed by atoms with Crippen molar-refractivity contribution in [3.05, 3.63) is 35.9 Å². The van der Waals surface area contributed by atoms with Crippen molar-refractivity contribution in [2.75, 3.05) is 13.1 Å². The van der Waals surface area contributed by atoms with Crippen molar-refractivity contribution in [2.24, 2.45) is 11.8 Å². The Balaban J connectivity index is 1.46. The van der Waals surface area contributed by atoms with Gasteiger partial charge in [0.05, 0.1) is 12.1 Å². The first-order valence-electron chi connectivity index (χ1n) is 8.70. The summed E-state index contributed by atoms with van der Waals surface area (Å²) >= 11 is 0. The van der Waals surface area contributed by atoms with Crippen molar-refractivity contribution in [2.45, 2.75) is 51.4 Å². The predicted molar refractivity (Wildman–Crippen MR) is 89.0 cm³/mol. The molecule has 2 aliphatic heterocycles. The van der Waals surface area contributed by atoms with Crippen molar-refractivity contribution in [3.63, 3.8) is 0 Å². The van der Waals surface area contributed by atoms with E-state index >= 15 is 0 Å². The highest BCUT2D eigenvalue weighted by molar-refractivity contribution is 5.70. The predicted octanol–water partition coefficient (Wildman–Crippen LogP) is 3.13. The summed E-state index contributed by atoms with van der Waals surface area (Å²) in [5.74, 6) is 1.40. The highest BCUT2D eigenvalue weighted by atomic mass is 16.6. The Bertz CT molecular complexity index is 577. The quantitative estimate of drug-likeness (QED) is 0.841. The third-order valence-corrected chi connectivity index (χ3v) is 5.34. The molecule has 3 fully saturated rings. The molecule has 0 radical (unpaired) electrons. The van der Waals surface area contributed by atoms with Gasteiger partial charge < -0.3 is 4.74 Å². The zero-order valence-electron chi connectivity index (χ0n) is 14.2. The van der Waals surface area contributed by atoms with Crippen LogP contribution < -0.4 is 0 Å². The van der Waals surface area contributed by atoms with E-state index in [2.05, 4.69) is 40.1 Å². The Morgan fingerprint density at radius 3 is 2.30 bits per heavy atom. The van der Waals surface area contributed by atoms with Crippen molar-refractivity contribution < 1.29 is 9.53 Å². The van der Waals surface area contributed by atoms with Gasteiger partial charge in [0.2, 0.25) is 0 Å². The summed E-state index contributed by atoms with van der Waals surface area (Å²) in [4.78, 5) is 17.2. The molecule has 1 aromatic rings. The minimum atomic E-state index is -0.415. The Kier molecular flexibility index (Phi) is 3.41. The number of nitrogens with zero attached hydrogens (tertiary/aromatic N) is 2. The molecule has 4 atom stereocenters. The molecular weight excluding hydrogens is 288 g/mol. The molecule has 1 saturated carbocycles. The fourth-order valence-electron chi connectivity index (χ4n) is 4.39. The first-order chi connectivity index (χ1) is 10.9. The number of hydrogen-bond donors (Lipinski definition) is 0. The van der Waals surface area contributed by atoms with Crippen molar-refractivity contribution in [1.82, 2.24) is 9.80 Å². The number of fused-ring (bicyclic) bond motifs is 5. The van der Waals surface area contributed by atoms with Gasteiger partial charge in [-0.25, -0.2) is 4.79 Å². The van der Waals surface area contributed by atoms with Gasteiger partial charge in [-0.1, -0.05) is 30.3 Å². The minimum Gasteiger partial charge on any atom is -0.444 e. The van der Waals surface area contributed by atoms with E-state index in [0.717, 1.165) is 19.6 Å². The van der Waals surface area contributed by atoms with E-state index in [4.69, 9.17) is 4.74 Å². The van der Waals surface area contributed by atoms with Gasteiger partial charge in [-0.3, -0.25) is 9.80 Å². The van der Waals surface area contributed by atoms with Crippen LogP contribution >= 0.6 is 0 Å². The molecule has 2 bridgehead atoms. The van der Waals surface area contributed by atoms with Crippen LogP contribution in [0.2, 0.25) is 0 Å². The number of carbonyl (C=O) groups is 1. The highest BCUT2D eigenvalue weighted by Crippen LogP contribution is 2.56. The number of carbonyl (C=O) groups excluding carboxylic acids is 1. The van der Waals surface area contributed by atoms with Gasteiger partial charge in [-0.2, -0.15) is 0 Å². The third kappa shape index (κ3) is 2.85. The summed E-state index contributed by atoms with van der Waals surface area (Å²) < 4.78 is 5.65. The SMILES string of the molecule is CC(C)(C)OC(=O)N1C2CN(Cc3ccccc3)CC1C1CC12. The van der Waals surface area contributed by atoms with E-state index in [0.29, 0.717) is 23.9 Å². The maximum atomic E-state index is 12.6. The van der Waals surface area contributed by atoms with Gasteiger partial charge in [0.15, 0.2) is 0 Å². The lowest BCUT2D eigenvalue weighted by Crippen LogP contribution is -2.58. The van der Waals surface area contributed by atoms with Gasteiger partial charge in [0, 0.05) is 19.6 Å². The van der Waals surface area contributed by atoms with E-state index in [1.54, 1.807) is 0 Å². The van der Waals surface area contributed by atoms with E-state index in [-0.39, 0.29) is 6.09 Å². The van der Waals surface area contributed by atoms with Crippen LogP contribution in [0.4, 0.5) is 4.79 Å². The molecule has 4 rings (SSSR count). The van der Waals surface area contributed by atoms with Crippen LogP contribution in [0.5, 0.6) is 0 Å². The largest absolute Gasteiger partial charge is 0.444 e. The maximum Gasteiger partial charge on any atom is 0.410 e. The molecular formula is C19H26N2O2. The third-order valence-electron chi connectivity index (χ3n) is 5.34. The molecule has 4 heteroatoms. The summed E-state index contributed by atoms with van der Waals surface area (Å²) in [7, 11) is 0. The number of amides is 1. The molecule has 0 aromatic heterocycles. The molecule has 4 nitrogen and oxygen atoms in total. The molecule has 0 spiro atoms. The van der Waals surface area contributed by atoms with E-state index < -0.39 is 5.60 Å². The molecule has 1 aromatic carbocycles. The van der Waals surface area contributed by atoms with Gasteiger partial charge in [-0.05, 0) is 44.6 Å². The minimum absolute atomic E-state index is 0.112. The van der Waals surface area contributed by atoms with Crippen LogP contribution in [-0.4, -0.2) is 46.7 Å². The average molecular weight is 314 g/mol. The summed E-state index contributed by atoms with van der Waals surface area (Å²) in [6.45, 7) is 8.77. The molecule has 2 saturated heterocycles. The summed E-state index contributed by atoms with van der Waals surface area (Å²) in [5.41, 5.74) is 0.938. The van der Waals surface area contributed by atoms with Crippen molar-refractivity contribution in [1.29, 1.82) is 0 Å². The fourth-order valence-corrected chi connectivity index (χ4v) is 4.39. The average Bonchev–Trinajstić information content (AvgIpc) is 3.22. The Morgan fingerprint density at radius 1 is 1.13 bits per heavy atom. The van der Waals surface area contributed by atoms with E-state index in [1.165, 1.54) is 12.0 Å². The molecule has 1 aliphatic carbocycles. The van der Waals surface area contributed by atoms with Crippen LogP contribution in [0.1, 0.15) is 32.8 Å². The maximum absolute atomic E-state index is 12.6. The number of piperidine rings is 1. The number of hydrogen-bond acceptors (Lipinski definition) is 3. The molecule has 124 valence electrons. The molecule has 23 heavy (non-hydrogen) atoms. The van der Waals surface area contributed by atoms with E-state index in [9.17, 15) is 4.79 Å². The first-order valence-corrected chi connectivity index (χ1v) is 8.70. The molecule has 2 heterocycles. The summed E-state index contributed by atoms with van der Waals surface area (Å²) in [6, 6.07) is 11.3. The zero-order valence-corrected chi connectivity index (χ0v) is 14.2. The van der Waals surface area contributed by atoms with E-state index in [1.807, 2.05) is 20.8 Å². The Labute approximate surface area is 138 Å². The van der Waals surface area contributed by atoms with Crippen LogP contribution in [-0.2, 0) is 11.3 Å². The van der Waals surface area contributed by atoms with Gasteiger partial charge in [-0.15, -0.1) is 0 Å². The highest BCUT2D eigenvalue weighted by Gasteiger charge is 2.63.